The van der Waals surface area contributed by atoms with Gasteiger partial charge < -0.3 is 14.5 Å². The van der Waals surface area contributed by atoms with Crippen molar-refractivity contribution in [3.05, 3.63) is 29.8 Å². The summed E-state index contributed by atoms with van der Waals surface area (Å²) in [6, 6.07) is 6.17. The number of carbonyl (C=O) groups excluding carboxylic acids is 3. The third-order valence-electron chi connectivity index (χ3n) is 5.45. The van der Waals surface area contributed by atoms with Crippen molar-refractivity contribution in [2.75, 3.05) is 0 Å². The Morgan fingerprint density at radius 2 is 1.85 bits per heavy atom. The van der Waals surface area contributed by atoms with E-state index in [1.807, 2.05) is 6.07 Å². The molecule has 0 spiro atoms. The van der Waals surface area contributed by atoms with E-state index in [0.717, 1.165) is 0 Å². The van der Waals surface area contributed by atoms with Crippen molar-refractivity contribution >= 4 is 25.8 Å². The molecule has 1 amide bonds. The zero-order valence-corrected chi connectivity index (χ0v) is 16.8. The molecule has 1 unspecified atom stereocenters. The zero-order valence-electron chi connectivity index (χ0n) is 15.8. The van der Waals surface area contributed by atoms with E-state index in [-0.39, 0.29) is 23.0 Å². The van der Waals surface area contributed by atoms with Crippen LogP contribution in [0.4, 0.5) is 0 Å². The SMILES string of the molecule is CC(C)(C)[Si](C)(C)Oc1ccccc1C(=O)NC1CC(=O)[C@H]2O[C@H]2C1=O. The van der Waals surface area contributed by atoms with E-state index >= 15 is 0 Å². The molecule has 2 fully saturated rings. The number of para-hydroxylation sites is 1. The molecule has 6 nitrogen and oxygen atoms in total. The first-order chi connectivity index (χ1) is 12.0. The minimum Gasteiger partial charge on any atom is -0.543 e. The van der Waals surface area contributed by atoms with Crippen LogP contribution in [0.3, 0.4) is 0 Å². The van der Waals surface area contributed by atoms with E-state index in [1.54, 1.807) is 18.2 Å². The Hall–Kier alpha value is -1.99. The number of hydrogen-bond donors (Lipinski definition) is 1. The Morgan fingerprint density at radius 3 is 2.50 bits per heavy atom. The molecular formula is C19H25NO5Si. The number of benzene rings is 1. The van der Waals surface area contributed by atoms with Gasteiger partial charge in [0.15, 0.2) is 23.8 Å². The molecule has 3 atom stereocenters. The smallest absolute Gasteiger partial charge is 0.255 e. The highest BCUT2D eigenvalue weighted by Crippen LogP contribution is 2.38. The van der Waals surface area contributed by atoms with Crippen molar-refractivity contribution in [1.29, 1.82) is 0 Å². The van der Waals surface area contributed by atoms with Crippen LogP contribution in [-0.2, 0) is 14.3 Å². The number of Topliss-reactive ketones (excluding diaryl/α,β-unsaturated/α-hetero) is 2. The predicted octanol–water partition coefficient (Wildman–Crippen LogP) is 2.48. The summed E-state index contributed by atoms with van der Waals surface area (Å²) in [6.45, 7) is 10.6. The van der Waals surface area contributed by atoms with E-state index in [0.29, 0.717) is 11.3 Å². The number of epoxide rings is 1. The van der Waals surface area contributed by atoms with Gasteiger partial charge in [-0.1, -0.05) is 32.9 Å². The van der Waals surface area contributed by atoms with Gasteiger partial charge in [0.2, 0.25) is 0 Å². The van der Waals surface area contributed by atoms with Crippen LogP contribution in [0, 0.1) is 0 Å². The van der Waals surface area contributed by atoms with Crippen LogP contribution in [0.25, 0.3) is 0 Å². The molecule has 1 heterocycles. The quantitative estimate of drug-likeness (QED) is 0.645. The highest BCUT2D eigenvalue weighted by Gasteiger charge is 2.56. The molecule has 1 aromatic carbocycles. The third-order valence-corrected chi connectivity index (χ3v) is 9.79. The molecule has 1 N–H and O–H groups in total. The average molecular weight is 375 g/mol. The van der Waals surface area contributed by atoms with Crippen molar-refractivity contribution in [2.45, 2.75) is 63.6 Å². The summed E-state index contributed by atoms with van der Waals surface area (Å²) < 4.78 is 11.4. The Balaban J connectivity index is 1.78. The Morgan fingerprint density at radius 1 is 1.19 bits per heavy atom. The minimum absolute atomic E-state index is 0.0132. The van der Waals surface area contributed by atoms with Crippen LogP contribution in [-0.4, -0.2) is 44.0 Å². The van der Waals surface area contributed by atoms with Gasteiger partial charge in [0.05, 0.1) is 11.6 Å². The van der Waals surface area contributed by atoms with Crippen LogP contribution in [0.15, 0.2) is 24.3 Å². The molecule has 1 aliphatic heterocycles. The van der Waals surface area contributed by atoms with Gasteiger partial charge in [0.25, 0.3) is 14.2 Å². The molecule has 7 heteroatoms. The van der Waals surface area contributed by atoms with E-state index in [1.165, 1.54) is 0 Å². The van der Waals surface area contributed by atoms with Crippen molar-refractivity contribution in [2.24, 2.45) is 0 Å². The average Bonchev–Trinajstić information content (AvgIpc) is 3.32. The van der Waals surface area contributed by atoms with Crippen LogP contribution in [0.2, 0.25) is 18.1 Å². The molecule has 3 rings (SSSR count). The van der Waals surface area contributed by atoms with Gasteiger partial charge >= 0.3 is 0 Å². The summed E-state index contributed by atoms with van der Waals surface area (Å²) in [5, 5.41) is 2.67. The lowest BCUT2D eigenvalue weighted by molar-refractivity contribution is -0.128. The van der Waals surface area contributed by atoms with Crippen LogP contribution in [0.1, 0.15) is 37.6 Å². The monoisotopic (exact) mass is 375 g/mol. The van der Waals surface area contributed by atoms with Gasteiger partial charge in [-0.05, 0) is 30.3 Å². The molecule has 1 aromatic rings. The minimum atomic E-state index is -2.13. The molecule has 1 saturated carbocycles. The number of fused-ring (bicyclic) bond motifs is 1. The largest absolute Gasteiger partial charge is 0.543 e. The Labute approximate surface area is 154 Å². The molecule has 0 radical (unpaired) electrons. The van der Waals surface area contributed by atoms with Crippen LogP contribution in [0.5, 0.6) is 5.75 Å². The first-order valence-electron chi connectivity index (χ1n) is 8.82. The molecule has 26 heavy (non-hydrogen) atoms. The molecule has 140 valence electrons. The van der Waals surface area contributed by atoms with Crippen LogP contribution >= 0.6 is 0 Å². The molecule has 1 saturated heterocycles. The highest BCUT2D eigenvalue weighted by atomic mass is 28.4. The first kappa shape index (κ1) is 18.8. The second kappa shape index (κ2) is 6.31. The molecule has 0 aromatic heterocycles. The number of rotatable bonds is 4. The van der Waals surface area contributed by atoms with Crippen molar-refractivity contribution in [1.82, 2.24) is 5.32 Å². The Bertz CT molecular complexity index is 767. The van der Waals surface area contributed by atoms with Gasteiger partial charge in [0, 0.05) is 6.42 Å². The van der Waals surface area contributed by atoms with E-state index in [9.17, 15) is 14.4 Å². The fourth-order valence-corrected chi connectivity index (χ4v) is 3.75. The van der Waals surface area contributed by atoms with Gasteiger partial charge in [-0.3, -0.25) is 14.4 Å². The predicted molar refractivity (Wildman–Crippen MR) is 98.8 cm³/mol. The third kappa shape index (κ3) is 3.46. The van der Waals surface area contributed by atoms with Crippen LogP contribution < -0.4 is 9.74 Å². The maximum atomic E-state index is 12.8. The topological polar surface area (TPSA) is 85.0 Å². The van der Waals surface area contributed by atoms with Crippen molar-refractivity contribution < 1.29 is 23.5 Å². The molecule has 1 aliphatic carbocycles. The second-order valence-corrected chi connectivity index (χ2v) is 13.2. The molecular weight excluding hydrogens is 350 g/mol. The maximum Gasteiger partial charge on any atom is 0.255 e. The normalized spacial score (nSPS) is 25.5. The van der Waals surface area contributed by atoms with Gasteiger partial charge in [0.1, 0.15) is 5.75 Å². The number of amides is 1. The Kier molecular flexibility index (Phi) is 4.56. The van der Waals surface area contributed by atoms with Gasteiger partial charge in [-0.15, -0.1) is 0 Å². The summed E-state index contributed by atoms with van der Waals surface area (Å²) in [4.78, 5) is 36.8. The van der Waals surface area contributed by atoms with Gasteiger partial charge in [-0.25, -0.2) is 0 Å². The fraction of sp³-hybridized carbons (Fsp3) is 0.526. The highest BCUT2D eigenvalue weighted by molar-refractivity contribution is 6.74. The van der Waals surface area contributed by atoms with E-state index in [4.69, 9.17) is 9.16 Å². The summed E-state index contributed by atoms with van der Waals surface area (Å²) >= 11 is 0. The van der Waals surface area contributed by atoms with Gasteiger partial charge in [-0.2, -0.15) is 0 Å². The molecule has 0 bridgehead atoms. The summed E-state index contributed by atoms with van der Waals surface area (Å²) in [5.74, 6) is -0.271. The zero-order chi connectivity index (χ0) is 19.3. The first-order valence-corrected chi connectivity index (χ1v) is 11.7. The second-order valence-electron chi connectivity index (χ2n) is 8.43. The number of ether oxygens (including phenoxy) is 1. The lowest BCUT2D eigenvalue weighted by Gasteiger charge is -2.37. The maximum absolute atomic E-state index is 12.8. The summed E-state index contributed by atoms with van der Waals surface area (Å²) in [6.07, 6.45) is -1.29. The van der Waals surface area contributed by atoms with Crippen molar-refractivity contribution in [3.8, 4) is 5.75 Å². The number of nitrogens with one attached hydrogen (secondary N) is 1. The molecule has 2 aliphatic rings. The van der Waals surface area contributed by atoms with E-state index in [2.05, 4.69) is 39.2 Å². The fourth-order valence-electron chi connectivity index (χ4n) is 2.72. The number of ketones is 2. The van der Waals surface area contributed by atoms with E-state index < -0.39 is 32.5 Å². The lowest BCUT2D eigenvalue weighted by Crippen LogP contribution is -2.48. The summed E-state index contributed by atoms with van der Waals surface area (Å²) in [7, 11) is -2.13. The number of carbonyl (C=O) groups is 3. The summed E-state index contributed by atoms with van der Waals surface area (Å²) in [5.41, 5.74) is 0.372. The number of hydrogen-bond acceptors (Lipinski definition) is 5. The van der Waals surface area contributed by atoms with Crippen molar-refractivity contribution in [3.63, 3.8) is 0 Å². The lowest BCUT2D eigenvalue weighted by atomic mass is 9.93. The standard InChI is InChI=1S/C19H25NO5Si/c1-19(2,3)26(4,5)25-14-9-7-6-8-11(14)18(23)20-12-10-13(21)16-17(24-16)15(12)22/h6-9,12,16-17H,10H2,1-5H3,(H,20,23)/t12?,16-,17+/m1/s1.